The van der Waals surface area contributed by atoms with E-state index in [-0.39, 0.29) is 5.57 Å². The molecule has 0 aliphatic rings. The normalized spacial score (nSPS) is 10.9. The molecule has 0 saturated heterocycles. The van der Waals surface area contributed by atoms with Crippen molar-refractivity contribution in [2.24, 2.45) is 0 Å². The first-order chi connectivity index (χ1) is 11.6. The van der Waals surface area contributed by atoms with Crippen molar-refractivity contribution in [1.82, 2.24) is 5.32 Å². The molecule has 0 unspecified atom stereocenters. The Balaban J connectivity index is 2.86. The quantitative estimate of drug-likeness (QED) is 0.420. The summed E-state index contributed by atoms with van der Waals surface area (Å²) in [6.07, 6.45) is 2.13. The number of nitrogens with zero attached hydrogens (tertiary/aromatic N) is 1. The summed E-state index contributed by atoms with van der Waals surface area (Å²) in [4.78, 5) is 12.0. The van der Waals surface area contributed by atoms with E-state index in [1.165, 1.54) is 20.3 Å². The van der Waals surface area contributed by atoms with Gasteiger partial charge in [0, 0.05) is 19.8 Å². The van der Waals surface area contributed by atoms with Gasteiger partial charge in [0.25, 0.3) is 5.91 Å². The topological polar surface area (TPSA) is 80.6 Å². The van der Waals surface area contributed by atoms with Crippen molar-refractivity contribution in [3.05, 3.63) is 28.3 Å². The minimum atomic E-state index is -0.445. The van der Waals surface area contributed by atoms with Crippen LogP contribution in [-0.4, -0.2) is 39.9 Å². The maximum absolute atomic E-state index is 12.0. The van der Waals surface area contributed by atoms with Crippen LogP contribution in [0, 0.1) is 11.3 Å². The maximum Gasteiger partial charge on any atom is 0.261 e. The van der Waals surface area contributed by atoms with Crippen LogP contribution in [0.15, 0.2) is 17.7 Å². The number of amides is 1. The number of rotatable bonds is 9. The highest BCUT2D eigenvalue weighted by Crippen LogP contribution is 2.36. The lowest BCUT2D eigenvalue weighted by Gasteiger charge is -2.10. The first-order valence-corrected chi connectivity index (χ1v) is 7.84. The van der Waals surface area contributed by atoms with E-state index in [0.29, 0.717) is 48.3 Å². The highest BCUT2D eigenvalue weighted by molar-refractivity contribution is 6.32. The fraction of sp³-hybridized carbons (Fsp3) is 0.412. The molecule has 0 spiro atoms. The molecule has 7 heteroatoms. The molecule has 1 aromatic rings. The van der Waals surface area contributed by atoms with Gasteiger partial charge >= 0.3 is 0 Å². The molecular weight excluding hydrogens is 332 g/mol. The van der Waals surface area contributed by atoms with Crippen LogP contribution in [0.5, 0.6) is 11.5 Å². The molecule has 0 atom stereocenters. The van der Waals surface area contributed by atoms with E-state index in [4.69, 9.17) is 25.8 Å². The van der Waals surface area contributed by atoms with Crippen molar-refractivity contribution in [3.63, 3.8) is 0 Å². The number of hydrogen-bond donors (Lipinski definition) is 1. The van der Waals surface area contributed by atoms with E-state index in [0.717, 1.165) is 0 Å². The number of nitriles is 1. The molecule has 0 aliphatic carbocycles. The Morgan fingerprint density at radius 2 is 2.12 bits per heavy atom. The van der Waals surface area contributed by atoms with Crippen molar-refractivity contribution in [2.45, 2.75) is 13.3 Å². The Morgan fingerprint density at radius 3 is 2.71 bits per heavy atom. The zero-order valence-electron chi connectivity index (χ0n) is 14.0. The number of nitrogens with one attached hydrogen (secondary N) is 1. The first kappa shape index (κ1) is 19.8. The van der Waals surface area contributed by atoms with Gasteiger partial charge in [-0.2, -0.15) is 5.26 Å². The summed E-state index contributed by atoms with van der Waals surface area (Å²) in [5, 5.41) is 12.2. The number of benzene rings is 1. The van der Waals surface area contributed by atoms with Gasteiger partial charge < -0.3 is 19.5 Å². The highest BCUT2D eigenvalue weighted by atomic mass is 35.5. The average molecular weight is 353 g/mol. The molecule has 24 heavy (non-hydrogen) atoms. The Morgan fingerprint density at radius 1 is 1.38 bits per heavy atom. The molecule has 0 radical (unpaired) electrons. The van der Waals surface area contributed by atoms with Crippen LogP contribution in [0.1, 0.15) is 18.9 Å². The Labute approximate surface area is 147 Å². The minimum Gasteiger partial charge on any atom is -0.493 e. The second kappa shape index (κ2) is 10.5. The standard InChI is InChI=1S/C17H21ClN2O4/c1-4-24-7-5-6-20-17(21)13(11-19)8-12-9-14(18)16(23-3)15(10-12)22-2/h8-10H,4-7H2,1-3H3,(H,20,21)/b13-8-. The Hall–Kier alpha value is -2.23. The van der Waals surface area contributed by atoms with Crippen LogP contribution >= 0.6 is 11.6 Å². The van der Waals surface area contributed by atoms with E-state index in [2.05, 4.69) is 5.32 Å². The lowest BCUT2D eigenvalue weighted by Crippen LogP contribution is -2.26. The van der Waals surface area contributed by atoms with Gasteiger partial charge in [-0.25, -0.2) is 0 Å². The lowest BCUT2D eigenvalue weighted by molar-refractivity contribution is -0.117. The number of carbonyl (C=O) groups excluding carboxylic acids is 1. The fourth-order valence-electron chi connectivity index (χ4n) is 1.95. The molecule has 0 aromatic heterocycles. The van der Waals surface area contributed by atoms with Crippen molar-refractivity contribution >= 4 is 23.6 Å². The molecule has 1 rings (SSSR count). The molecule has 6 nitrogen and oxygen atoms in total. The van der Waals surface area contributed by atoms with Crippen LogP contribution in [0.4, 0.5) is 0 Å². The van der Waals surface area contributed by atoms with Crippen LogP contribution in [0.25, 0.3) is 6.08 Å². The predicted molar refractivity (Wildman–Crippen MR) is 92.3 cm³/mol. The minimum absolute atomic E-state index is 0.0188. The number of ether oxygens (including phenoxy) is 3. The SMILES string of the molecule is CCOCCCNC(=O)/C(C#N)=C\c1cc(Cl)c(OC)c(OC)c1. The molecule has 0 aliphatic heterocycles. The van der Waals surface area contributed by atoms with E-state index in [1.54, 1.807) is 12.1 Å². The Bertz CT molecular complexity index is 638. The number of carbonyl (C=O) groups is 1. The van der Waals surface area contributed by atoms with Crippen LogP contribution in [0.3, 0.4) is 0 Å². The monoisotopic (exact) mass is 352 g/mol. The van der Waals surface area contributed by atoms with E-state index < -0.39 is 5.91 Å². The molecule has 0 bridgehead atoms. The fourth-order valence-corrected chi connectivity index (χ4v) is 2.25. The summed E-state index contributed by atoms with van der Waals surface area (Å²) in [5.41, 5.74) is 0.549. The van der Waals surface area contributed by atoms with E-state index in [1.807, 2.05) is 13.0 Å². The summed E-state index contributed by atoms with van der Waals surface area (Å²) in [6, 6.07) is 5.13. The van der Waals surface area contributed by atoms with Gasteiger partial charge in [0.2, 0.25) is 0 Å². The van der Waals surface area contributed by atoms with Crippen LogP contribution in [0.2, 0.25) is 5.02 Å². The van der Waals surface area contributed by atoms with Gasteiger partial charge in [0.1, 0.15) is 11.6 Å². The molecule has 0 saturated carbocycles. The van der Waals surface area contributed by atoms with Gasteiger partial charge in [-0.05, 0) is 37.1 Å². The highest BCUT2D eigenvalue weighted by Gasteiger charge is 2.13. The molecular formula is C17H21ClN2O4. The first-order valence-electron chi connectivity index (χ1n) is 7.46. The number of methoxy groups -OCH3 is 2. The lowest BCUT2D eigenvalue weighted by atomic mass is 10.1. The zero-order chi connectivity index (χ0) is 17.9. The maximum atomic E-state index is 12.0. The predicted octanol–water partition coefficient (Wildman–Crippen LogP) is 2.81. The van der Waals surface area contributed by atoms with Crippen LogP contribution < -0.4 is 14.8 Å². The van der Waals surface area contributed by atoms with Gasteiger partial charge in [-0.1, -0.05) is 11.6 Å². The third-order valence-corrected chi connectivity index (χ3v) is 3.37. The summed E-state index contributed by atoms with van der Waals surface area (Å²) >= 11 is 6.12. The molecule has 0 heterocycles. The molecule has 1 aromatic carbocycles. The summed E-state index contributed by atoms with van der Waals surface area (Å²) < 4.78 is 15.5. The molecule has 0 fully saturated rings. The third-order valence-electron chi connectivity index (χ3n) is 3.09. The molecule has 130 valence electrons. The van der Waals surface area contributed by atoms with Crippen molar-refractivity contribution in [3.8, 4) is 17.6 Å². The second-order valence-corrected chi connectivity index (χ2v) is 5.12. The van der Waals surface area contributed by atoms with Crippen molar-refractivity contribution in [2.75, 3.05) is 34.0 Å². The van der Waals surface area contributed by atoms with Crippen molar-refractivity contribution in [1.29, 1.82) is 5.26 Å². The number of halogens is 1. The number of hydrogen-bond acceptors (Lipinski definition) is 5. The summed E-state index contributed by atoms with van der Waals surface area (Å²) in [6.45, 7) is 3.54. The summed E-state index contributed by atoms with van der Waals surface area (Å²) in [5.74, 6) is 0.376. The van der Waals surface area contributed by atoms with Gasteiger partial charge in [0.15, 0.2) is 11.5 Å². The summed E-state index contributed by atoms with van der Waals surface area (Å²) in [7, 11) is 2.97. The Kier molecular flexibility index (Phi) is 8.69. The smallest absolute Gasteiger partial charge is 0.261 e. The molecule has 1 N–H and O–H groups in total. The van der Waals surface area contributed by atoms with Crippen LogP contribution in [-0.2, 0) is 9.53 Å². The zero-order valence-corrected chi connectivity index (χ0v) is 14.8. The van der Waals surface area contributed by atoms with E-state index >= 15 is 0 Å². The average Bonchev–Trinajstić information content (AvgIpc) is 2.58. The second-order valence-electron chi connectivity index (χ2n) is 4.71. The van der Waals surface area contributed by atoms with Gasteiger partial charge in [0.05, 0.1) is 19.2 Å². The van der Waals surface area contributed by atoms with Gasteiger partial charge in [-0.3, -0.25) is 4.79 Å². The van der Waals surface area contributed by atoms with E-state index in [9.17, 15) is 10.1 Å². The largest absolute Gasteiger partial charge is 0.493 e. The van der Waals surface area contributed by atoms with Gasteiger partial charge in [-0.15, -0.1) is 0 Å². The van der Waals surface area contributed by atoms with Crippen molar-refractivity contribution < 1.29 is 19.0 Å². The third kappa shape index (κ3) is 5.76. The molecule has 1 amide bonds.